The molecular formula is C21H23BrN4O2. The Hall–Kier alpha value is -2.38. The van der Waals surface area contributed by atoms with Crippen LogP contribution in [0.3, 0.4) is 0 Å². The predicted octanol–water partition coefficient (Wildman–Crippen LogP) is 3.43. The number of aliphatic imine (C=N–C) groups is 1. The quantitative estimate of drug-likeness (QED) is 0.790. The summed E-state index contributed by atoms with van der Waals surface area (Å²) in [6.07, 6.45) is 1.33. The first kappa shape index (κ1) is 19.0. The zero-order valence-corrected chi connectivity index (χ0v) is 17.6. The molecule has 1 spiro atoms. The summed E-state index contributed by atoms with van der Waals surface area (Å²) in [5.41, 5.74) is 5.15. The van der Waals surface area contributed by atoms with Crippen molar-refractivity contribution >= 4 is 33.4 Å². The molecule has 1 amide bonds. The van der Waals surface area contributed by atoms with Crippen molar-refractivity contribution in [3.8, 4) is 0 Å². The molecule has 0 radical (unpaired) electrons. The summed E-state index contributed by atoms with van der Waals surface area (Å²) in [5, 5.41) is 0. The fraction of sp³-hybridized carbons (Fsp3) is 0.333. The maximum Gasteiger partial charge on any atom is 0.253 e. The number of hydrogen-bond acceptors (Lipinski definition) is 5. The van der Waals surface area contributed by atoms with E-state index in [2.05, 4.69) is 21.4 Å². The number of hydroxylamine groups is 1. The third-order valence-electron chi connectivity index (χ3n) is 5.21. The highest BCUT2D eigenvalue weighted by molar-refractivity contribution is 9.10. The molecule has 4 rings (SSSR count). The van der Waals surface area contributed by atoms with Crippen LogP contribution in [0.15, 0.2) is 58.0 Å². The van der Waals surface area contributed by atoms with Gasteiger partial charge >= 0.3 is 0 Å². The molecule has 7 heteroatoms. The van der Waals surface area contributed by atoms with Gasteiger partial charge in [-0.2, -0.15) is 0 Å². The number of rotatable bonds is 3. The van der Waals surface area contributed by atoms with E-state index < -0.39 is 5.72 Å². The van der Waals surface area contributed by atoms with Gasteiger partial charge in [-0.15, -0.1) is 0 Å². The topological polar surface area (TPSA) is 57.2 Å². The van der Waals surface area contributed by atoms with Crippen LogP contribution < -0.4 is 10.4 Å². The molecule has 2 heterocycles. The number of piperidine rings is 1. The lowest BCUT2D eigenvalue weighted by molar-refractivity contribution is -0.0849. The molecule has 0 saturated carbocycles. The standard InChI is InChI=1S/C21H23BrN4O2/c1-25(2)18-8-6-15(7-9-18)20(27)26-12-10-21(11-13-26)23-19(24-28-21)16-4-3-5-17(22)14-16/h3-9,14H,10-13H2,1-2H3,(H,23,24). The summed E-state index contributed by atoms with van der Waals surface area (Å²) >= 11 is 3.48. The van der Waals surface area contributed by atoms with Gasteiger partial charge in [-0.05, 0) is 36.4 Å². The van der Waals surface area contributed by atoms with E-state index in [1.807, 2.05) is 72.4 Å². The van der Waals surface area contributed by atoms with Crippen molar-refractivity contribution < 1.29 is 9.63 Å². The van der Waals surface area contributed by atoms with E-state index in [4.69, 9.17) is 9.83 Å². The van der Waals surface area contributed by atoms with Gasteiger partial charge in [0.1, 0.15) is 0 Å². The molecular weight excluding hydrogens is 420 g/mol. The Morgan fingerprint density at radius 2 is 1.89 bits per heavy atom. The molecule has 146 valence electrons. The molecule has 6 nitrogen and oxygen atoms in total. The van der Waals surface area contributed by atoms with Crippen LogP contribution in [0.1, 0.15) is 28.8 Å². The van der Waals surface area contributed by atoms with Gasteiger partial charge in [0.2, 0.25) is 0 Å². The van der Waals surface area contributed by atoms with Crippen molar-refractivity contribution in [3.63, 3.8) is 0 Å². The molecule has 1 N–H and O–H groups in total. The van der Waals surface area contributed by atoms with E-state index in [0.717, 1.165) is 21.6 Å². The predicted molar refractivity (Wildman–Crippen MR) is 114 cm³/mol. The number of amides is 1. The monoisotopic (exact) mass is 442 g/mol. The third-order valence-corrected chi connectivity index (χ3v) is 5.71. The Balaban J connectivity index is 1.42. The lowest BCUT2D eigenvalue weighted by atomic mass is 10.00. The first-order chi connectivity index (χ1) is 13.5. The number of nitrogens with one attached hydrogen (secondary N) is 1. The van der Waals surface area contributed by atoms with Crippen LogP contribution in [-0.4, -0.2) is 49.6 Å². The minimum atomic E-state index is -0.594. The number of nitrogens with zero attached hydrogens (tertiary/aromatic N) is 3. The summed E-state index contributed by atoms with van der Waals surface area (Å²) in [6.45, 7) is 1.23. The van der Waals surface area contributed by atoms with E-state index in [-0.39, 0.29) is 5.91 Å². The van der Waals surface area contributed by atoms with Crippen molar-refractivity contribution in [3.05, 3.63) is 64.1 Å². The van der Waals surface area contributed by atoms with Crippen molar-refractivity contribution in [2.45, 2.75) is 18.6 Å². The van der Waals surface area contributed by atoms with Crippen LogP contribution >= 0.6 is 15.9 Å². The SMILES string of the molecule is CN(C)c1ccc(C(=O)N2CCC3(CC2)N=C(c2cccc(Br)c2)NO3)cc1. The number of benzene rings is 2. The smallest absolute Gasteiger partial charge is 0.253 e. The van der Waals surface area contributed by atoms with Crippen LogP contribution in [0.25, 0.3) is 0 Å². The molecule has 2 aliphatic rings. The summed E-state index contributed by atoms with van der Waals surface area (Å²) in [7, 11) is 3.97. The van der Waals surface area contributed by atoms with Gasteiger partial charge in [-0.1, -0.05) is 28.1 Å². The summed E-state index contributed by atoms with van der Waals surface area (Å²) in [5.74, 6) is 0.794. The zero-order valence-electron chi connectivity index (χ0n) is 16.0. The highest BCUT2D eigenvalue weighted by Gasteiger charge is 2.41. The Morgan fingerprint density at radius 3 is 2.54 bits per heavy atom. The maximum absolute atomic E-state index is 12.8. The number of anilines is 1. The molecule has 0 aliphatic carbocycles. The number of amidine groups is 1. The van der Waals surface area contributed by atoms with Gasteiger partial charge in [-0.3, -0.25) is 4.79 Å². The van der Waals surface area contributed by atoms with Crippen molar-refractivity contribution in [1.29, 1.82) is 0 Å². The second-order valence-corrected chi connectivity index (χ2v) is 8.27. The van der Waals surface area contributed by atoms with Gasteiger partial charge in [0, 0.05) is 61.3 Å². The van der Waals surface area contributed by atoms with Crippen LogP contribution in [0.2, 0.25) is 0 Å². The molecule has 1 fully saturated rings. The number of likely N-dealkylation sites (tertiary alicyclic amines) is 1. The van der Waals surface area contributed by atoms with Gasteiger partial charge in [0.25, 0.3) is 5.91 Å². The molecule has 0 atom stereocenters. The van der Waals surface area contributed by atoms with E-state index in [1.54, 1.807) is 0 Å². The van der Waals surface area contributed by atoms with Gasteiger partial charge in [0.05, 0.1) is 0 Å². The third kappa shape index (κ3) is 3.77. The molecule has 0 bridgehead atoms. The average Bonchev–Trinajstić information content (AvgIpc) is 3.12. The Kier molecular flexibility index (Phi) is 5.12. The summed E-state index contributed by atoms with van der Waals surface area (Å²) in [6, 6.07) is 15.7. The Bertz CT molecular complexity index is 903. The Morgan fingerprint density at radius 1 is 1.18 bits per heavy atom. The highest BCUT2D eigenvalue weighted by atomic mass is 79.9. The number of hydrogen-bond donors (Lipinski definition) is 1. The first-order valence-electron chi connectivity index (χ1n) is 9.32. The Labute approximate surface area is 173 Å². The van der Waals surface area contributed by atoms with E-state index in [0.29, 0.717) is 31.5 Å². The second-order valence-electron chi connectivity index (χ2n) is 7.35. The average molecular weight is 443 g/mol. The molecule has 2 aliphatic heterocycles. The largest absolute Gasteiger partial charge is 0.378 e. The van der Waals surface area contributed by atoms with Crippen LogP contribution in [0.5, 0.6) is 0 Å². The van der Waals surface area contributed by atoms with Crippen molar-refractivity contribution in [2.24, 2.45) is 4.99 Å². The molecule has 0 unspecified atom stereocenters. The fourth-order valence-electron chi connectivity index (χ4n) is 3.51. The first-order valence-corrected chi connectivity index (χ1v) is 10.1. The number of carbonyl (C=O) groups excluding carboxylic acids is 1. The number of carbonyl (C=O) groups is 1. The molecule has 2 aromatic rings. The molecule has 1 saturated heterocycles. The molecule has 0 aromatic heterocycles. The zero-order chi connectivity index (χ0) is 19.7. The maximum atomic E-state index is 12.8. The van der Waals surface area contributed by atoms with Gasteiger partial charge < -0.3 is 9.80 Å². The molecule has 2 aromatic carbocycles. The van der Waals surface area contributed by atoms with Crippen LogP contribution in [0.4, 0.5) is 5.69 Å². The second kappa shape index (κ2) is 7.56. The van der Waals surface area contributed by atoms with Crippen molar-refractivity contribution in [2.75, 3.05) is 32.1 Å². The van der Waals surface area contributed by atoms with Crippen LogP contribution in [-0.2, 0) is 4.84 Å². The summed E-state index contributed by atoms with van der Waals surface area (Å²) in [4.78, 5) is 27.4. The lowest BCUT2D eigenvalue weighted by Gasteiger charge is -2.35. The summed E-state index contributed by atoms with van der Waals surface area (Å²) < 4.78 is 0.996. The normalized spacial score (nSPS) is 18.0. The van der Waals surface area contributed by atoms with Gasteiger partial charge in [0.15, 0.2) is 11.6 Å². The van der Waals surface area contributed by atoms with E-state index in [1.165, 1.54) is 0 Å². The minimum Gasteiger partial charge on any atom is -0.378 e. The van der Waals surface area contributed by atoms with Crippen molar-refractivity contribution in [1.82, 2.24) is 10.4 Å². The molecule has 28 heavy (non-hydrogen) atoms. The van der Waals surface area contributed by atoms with Crippen LogP contribution in [0, 0.1) is 0 Å². The lowest BCUT2D eigenvalue weighted by Crippen LogP contribution is -2.46. The van der Waals surface area contributed by atoms with Gasteiger partial charge in [-0.25, -0.2) is 15.3 Å². The highest BCUT2D eigenvalue weighted by Crippen LogP contribution is 2.32. The van der Waals surface area contributed by atoms with E-state index >= 15 is 0 Å². The minimum absolute atomic E-state index is 0.0577. The number of halogens is 1. The fourth-order valence-corrected chi connectivity index (χ4v) is 3.91. The van der Waals surface area contributed by atoms with E-state index in [9.17, 15) is 4.79 Å².